The van der Waals surface area contributed by atoms with Crippen LogP contribution in [0.2, 0.25) is 0 Å². The molecule has 1 atom stereocenters. The number of nitrogens with zero attached hydrogens (tertiary/aromatic N) is 1. The van der Waals surface area contributed by atoms with E-state index in [9.17, 15) is 4.79 Å². The van der Waals surface area contributed by atoms with Gasteiger partial charge in [-0.3, -0.25) is 4.79 Å². The molecule has 2 fully saturated rings. The maximum absolute atomic E-state index is 12.5. The fourth-order valence-electron chi connectivity index (χ4n) is 2.90. The summed E-state index contributed by atoms with van der Waals surface area (Å²) in [7, 11) is 0. The van der Waals surface area contributed by atoms with Crippen molar-refractivity contribution in [3.63, 3.8) is 0 Å². The molecule has 3 rings (SSSR count). The molecule has 0 bridgehead atoms. The van der Waals surface area contributed by atoms with Crippen molar-refractivity contribution in [2.75, 3.05) is 19.6 Å². The monoisotopic (exact) mass is 272 g/mol. The Kier molecular flexibility index (Phi) is 3.55. The van der Waals surface area contributed by atoms with Crippen LogP contribution in [0.5, 0.6) is 0 Å². The first kappa shape index (κ1) is 13.6. The average molecular weight is 272 g/mol. The lowest BCUT2D eigenvalue weighted by Gasteiger charge is -2.35. The van der Waals surface area contributed by atoms with E-state index in [1.807, 2.05) is 19.1 Å². The molecule has 3 heteroatoms. The number of rotatable bonds is 5. The molecule has 1 saturated carbocycles. The summed E-state index contributed by atoms with van der Waals surface area (Å²) < 4.78 is 0. The molecular weight excluding hydrogens is 248 g/mol. The van der Waals surface area contributed by atoms with Crippen molar-refractivity contribution in [2.45, 2.75) is 44.6 Å². The zero-order valence-electron chi connectivity index (χ0n) is 12.5. The largest absolute Gasteiger partial charge is 0.349 e. The third-order valence-electron chi connectivity index (χ3n) is 4.65. The van der Waals surface area contributed by atoms with E-state index in [-0.39, 0.29) is 17.4 Å². The van der Waals surface area contributed by atoms with E-state index < -0.39 is 0 Å². The van der Waals surface area contributed by atoms with Crippen molar-refractivity contribution in [1.82, 2.24) is 10.2 Å². The van der Waals surface area contributed by atoms with Crippen molar-refractivity contribution in [2.24, 2.45) is 0 Å². The van der Waals surface area contributed by atoms with E-state index >= 15 is 0 Å². The molecule has 3 nitrogen and oxygen atoms in total. The molecule has 20 heavy (non-hydrogen) atoms. The second-order valence-corrected chi connectivity index (χ2v) is 6.54. The van der Waals surface area contributed by atoms with E-state index in [1.165, 1.54) is 25.1 Å². The maximum Gasteiger partial charge on any atom is 0.227 e. The van der Waals surface area contributed by atoms with Crippen LogP contribution in [0.15, 0.2) is 24.3 Å². The molecule has 108 valence electrons. The minimum atomic E-state index is -0.0660. The third kappa shape index (κ3) is 2.88. The van der Waals surface area contributed by atoms with Gasteiger partial charge >= 0.3 is 0 Å². The van der Waals surface area contributed by atoms with Crippen molar-refractivity contribution in [1.29, 1.82) is 0 Å². The first-order chi connectivity index (χ1) is 9.58. The summed E-state index contributed by atoms with van der Waals surface area (Å²) in [5, 5.41) is 3.30. The lowest BCUT2D eigenvalue weighted by atomic mass is 9.98. The van der Waals surface area contributed by atoms with Gasteiger partial charge in [-0.15, -0.1) is 0 Å². The minimum Gasteiger partial charge on any atom is -0.349 e. The van der Waals surface area contributed by atoms with Gasteiger partial charge in [0.2, 0.25) is 5.91 Å². The molecule has 0 spiro atoms. The number of likely N-dealkylation sites (tertiary alicyclic amines) is 1. The molecule has 1 aliphatic carbocycles. The van der Waals surface area contributed by atoms with E-state index in [1.54, 1.807) is 0 Å². The van der Waals surface area contributed by atoms with E-state index in [0.717, 1.165) is 24.9 Å². The first-order valence-electron chi connectivity index (χ1n) is 7.69. The molecule has 1 amide bonds. The Bertz CT molecular complexity index is 503. The number of hydrogen-bond acceptors (Lipinski definition) is 2. The number of amides is 1. The summed E-state index contributed by atoms with van der Waals surface area (Å²) in [6, 6.07) is 8.26. The Labute approximate surface area is 121 Å². The molecule has 2 aliphatic rings. The minimum absolute atomic E-state index is 0.0660. The van der Waals surface area contributed by atoms with Gasteiger partial charge in [0.05, 0.1) is 11.5 Å². The van der Waals surface area contributed by atoms with E-state index in [0.29, 0.717) is 0 Å². The van der Waals surface area contributed by atoms with Gasteiger partial charge in [-0.1, -0.05) is 29.8 Å². The highest BCUT2D eigenvalue weighted by Crippen LogP contribution is 2.37. The quantitative estimate of drug-likeness (QED) is 0.893. The Morgan fingerprint density at radius 1 is 1.40 bits per heavy atom. The molecule has 1 N–H and O–H groups in total. The Hall–Kier alpha value is -1.35. The van der Waals surface area contributed by atoms with Gasteiger partial charge in [0.1, 0.15) is 0 Å². The van der Waals surface area contributed by atoms with Crippen LogP contribution in [0, 0.1) is 6.92 Å². The van der Waals surface area contributed by atoms with Crippen LogP contribution in [0.25, 0.3) is 0 Å². The van der Waals surface area contributed by atoms with Crippen LogP contribution < -0.4 is 5.32 Å². The Balaban J connectivity index is 1.61. The topological polar surface area (TPSA) is 32.3 Å². The zero-order valence-corrected chi connectivity index (χ0v) is 12.5. The van der Waals surface area contributed by atoms with Crippen molar-refractivity contribution in [3.05, 3.63) is 35.4 Å². The fraction of sp³-hybridized carbons (Fsp3) is 0.588. The van der Waals surface area contributed by atoms with Crippen molar-refractivity contribution < 1.29 is 4.79 Å². The SMILES string of the molecule is Cc1cccc([C@@H](C)C(=O)NC2(CN3CCC3)CC2)c1. The number of aryl methyl sites for hydroxylation is 1. The second-order valence-electron chi connectivity index (χ2n) is 6.54. The van der Waals surface area contributed by atoms with Crippen LogP contribution >= 0.6 is 0 Å². The van der Waals surface area contributed by atoms with Crippen molar-refractivity contribution >= 4 is 5.91 Å². The molecule has 0 unspecified atom stereocenters. The van der Waals surface area contributed by atoms with Gasteiger partial charge in [-0.25, -0.2) is 0 Å². The molecular formula is C17H24N2O. The molecule has 0 radical (unpaired) electrons. The van der Waals surface area contributed by atoms with Gasteiger partial charge in [0, 0.05) is 6.54 Å². The molecule has 1 heterocycles. The maximum atomic E-state index is 12.5. The summed E-state index contributed by atoms with van der Waals surface area (Å²) in [5.74, 6) is 0.109. The van der Waals surface area contributed by atoms with Crippen LogP contribution in [-0.2, 0) is 4.79 Å². The predicted molar refractivity (Wildman–Crippen MR) is 80.8 cm³/mol. The third-order valence-corrected chi connectivity index (χ3v) is 4.65. The molecule has 1 aromatic rings. The highest BCUT2D eigenvalue weighted by molar-refractivity contribution is 5.84. The highest BCUT2D eigenvalue weighted by atomic mass is 16.2. The van der Waals surface area contributed by atoms with Crippen LogP contribution in [0.3, 0.4) is 0 Å². The summed E-state index contributed by atoms with van der Waals surface area (Å²) in [6.07, 6.45) is 3.58. The van der Waals surface area contributed by atoms with Crippen LogP contribution in [-0.4, -0.2) is 36.0 Å². The van der Waals surface area contributed by atoms with Crippen LogP contribution in [0.1, 0.15) is 43.2 Å². The van der Waals surface area contributed by atoms with Gasteiger partial charge in [0.25, 0.3) is 0 Å². The standard InChI is InChI=1S/C17H24N2O/c1-13-5-3-6-15(11-13)14(2)16(20)18-17(7-8-17)12-19-9-4-10-19/h3,5-6,11,14H,4,7-10,12H2,1-2H3,(H,18,20)/t14-/m1/s1. The number of carbonyl (C=O) groups excluding carboxylic acids is 1. The van der Waals surface area contributed by atoms with Crippen LogP contribution in [0.4, 0.5) is 0 Å². The summed E-state index contributed by atoms with van der Waals surface area (Å²) in [5.41, 5.74) is 2.40. The highest BCUT2D eigenvalue weighted by Gasteiger charge is 2.46. The molecule has 1 saturated heterocycles. The zero-order chi connectivity index (χ0) is 14.2. The number of nitrogens with one attached hydrogen (secondary N) is 1. The van der Waals surface area contributed by atoms with Gasteiger partial charge in [0.15, 0.2) is 0 Å². The van der Waals surface area contributed by atoms with Gasteiger partial charge < -0.3 is 10.2 Å². The van der Waals surface area contributed by atoms with Crippen molar-refractivity contribution in [3.8, 4) is 0 Å². The molecule has 1 aromatic carbocycles. The lowest BCUT2D eigenvalue weighted by molar-refractivity contribution is -0.123. The van der Waals surface area contributed by atoms with E-state index in [4.69, 9.17) is 0 Å². The number of carbonyl (C=O) groups is 1. The molecule has 0 aromatic heterocycles. The number of hydrogen-bond donors (Lipinski definition) is 1. The van der Waals surface area contributed by atoms with Gasteiger partial charge in [-0.2, -0.15) is 0 Å². The first-order valence-corrected chi connectivity index (χ1v) is 7.69. The fourth-order valence-corrected chi connectivity index (χ4v) is 2.90. The Morgan fingerprint density at radius 2 is 2.15 bits per heavy atom. The Morgan fingerprint density at radius 3 is 2.70 bits per heavy atom. The number of benzene rings is 1. The van der Waals surface area contributed by atoms with E-state index in [2.05, 4.69) is 29.3 Å². The molecule has 1 aliphatic heterocycles. The normalized spacial score (nSPS) is 21.9. The smallest absolute Gasteiger partial charge is 0.227 e. The van der Waals surface area contributed by atoms with Gasteiger partial charge in [-0.05, 0) is 51.8 Å². The summed E-state index contributed by atoms with van der Waals surface area (Å²) in [4.78, 5) is 14.9. The summed E-state index contributed by atoms with van der Waals surface area (Å²) in [6.45, 7) is 7.51. The summed E-state index contributed by atoms with van der Waals surface area (Å²) >= 11 is 0. The average Bonchev–Trinajstić information content (AvgIpc) is 3.13. The predicted octanol–water partition coefficient (Wildman–Crippen LogP) is 2.45. The second kappa shape index (κ2) is 5.21. The lowest BCUT2D eigenvalue weighted by Crippen LogP contribution is -2.50.